The number of aromatic amines is 1. The van der Waals surface area contributed by atoms with E-state index in [0.717, 1.165) is 10.0 Å². The third-order valence-corrected chi connectivity index (χ3v) is 4.38. The fourth-order valence-electron chi connectivity index (χ4n) is 2.34. The van der Waals surface area contributed by atoms with Crippen LogP contribution in [0.1, 0.15) is 26.3 Å². The van der Waals surface area contributed by atoms with Gasteiger partial charge in [0.05, 0.1) is 11.7 Å². The number of halogens is 2. The Kier molecular flexibility index (Phi) is 4.40. The van der Waals surface area contributed by atoms with Crippen molar-refractivity contribution in [2.45, 2.75) is 32.9 Å². The van der Waals surface area contributed by atoms with Crippen molar-refractivity contribution in [2.75, 3.05) is 5.32 Å². The van der Waals surface area contributed by atoms with Crippen LogP contribution in [0.15, 0.2) is 33.7 Å². The molecule has 2 N–H and O–H groups in total. The molecular formula is C16H17BrClN5O. The van der Waals surface area contributed by atoms with Crippen molar-refractivity contribution in [3.05, 3.63) is 49.8 Å². The topological polar surface area (TPSA) is 75.6 Å². The van der Waals surface area contributed by atoms with Crippen LogP contribution in [-0.4, -0.2) is 19.7 Å². The van der Waals surface area contributed by atoms with Gasteiger partial charge in [0.1, 0.15) is 5.39 Å². The normalized spacial score (nSPS) is 11.9. The summed E-state index contributed by atoms with van der Waals surface area (Å²) in [4.78, 5) is 19.5. The molecule has 0 radical (unpaired) electrons. The van der Waals surface area contributed by atoms with Crippen molar-refractivity contribution in [3.63, 3.8) is 0 Å². The average molecular weight is 411 g/mol. The van der Waals surface area contributed by atoms with E-state index >= 15 is 0 Å². The van der Waals surface area contributed by atoms with Crippen molar-refractivity contribution >= 4 is 44.5 Å². The molecule has 6 nitrogen and oxygen atoms in total. The first-order chi connectivity index (χ1) is 11.3. The molecule has 0 saturated heterocycles. The van der Waals surface area contributed by atoms with Gasteiger partial charge in [0.2, 0.25) is 5.95 Å². The van der Waals surface area contributed by atoms with E-state index in [1.54, 1.807) is 10.9 Å². The molecule has 0 aliphatic carbocycles. The highest BCUT2D eigenvalue weighted by Crippen LogP contribution is 2.22. The molecule has 0 aliphatic heterocycles. The molecular weight excluding hydrogens is 394 g/mol. The van der Waals surface area contributed by atoms with Gasteiger partial charge in [0.15, 0.2) is 5.65 Å². The van der Waals surface area contributed by atoms with Gasteiger partial charge in [-0.05, 0) is 38.5 Å². The van der Waals surface area contributed by atoms with Crippen LogP contribution in [0.4, 0.5) is 5.95 Å². The minimum Gasteiger partial charge on any atom is -0.352 e. The zero-order valence-electron chi connectivity index (χ0n) is 13.5. The summed E-state index contributed by atoms with van der Waals surface area (Å²) in [6.07, 6.45) is 1.54. The van der Waals surface area contributed by atoms with Gasteiger partial charge in [0, 0.05) is 16.0 Å². The molecule has 3 aromatic rings. The predicted molar refractivity (Wildman–Crippen MR) is 99.6 cm³/mol. The quantitative estimate of drug-likeness (QED) is 0.686. The van der Waals surface area contributed by atoms with E-state index in [2.05, 4.69) is 36.3 Å². The van der Waals surface area contributed by atoms with E-state index in [0.29, 0.717) is 28.5 Å². The molecule has 2 aromatic heterocycles. The Morgan fingerprint density at radius 1 is 1.38 bits per heavy atom. The Hall–Kier alpha value is -1.86. The molecule has 1 aromatic carbocycles. The molecule has 3 rings (SSSR count). The standard InChI is InChI=1S/C16H17BrClN5O/c1-16(2,3)23-13-11(8-20-23)14(24)22-15(21-13)19-7-9-4-5-10(17)6-12(9)18/h4-6,8H,7H2,1-3H3,(H2,19,21,22,24). The van der Waals surface area contributed by atoms with Gasteiger partial charge in [-0.15, -0.1) is 0 Å². The van der Waals surface area contributed by atoms with Crippen LogP contribution >= 0.6 is 27.5 Å². The van der Waals surface area contributed by atoms with Crippen LogP contribution in [-0.2, 0) is 12.1 Å². The zero-order valence-corrected chi connectivity index (χ0v) is 15.9. The summed E-state index contributed by atoms with van der Waals surface area (Å²) in [7, 11) is 0. The first-order valence-electron chi connectivity index (χ1n) is 7.42. The first-order valence-corrected chi connectivity index (χ1v) is 8.59. The maximum Gasteiger partial charge on any atom is 0.263 e. The lowest BCUT2D eigenvalue weighted by Gasteiger charge is -2.19. The lowest BCUT2D eigenvalue weighted by molar-refractivity contribution is 0.366. The second kappa shape index (κ2) is 6.22. The molecule has 0 atom stereocenters. The van der Waals surface area contributed by atoms with Crippen LogP contribution in [0.2, 0.25) is 5.02 Å². The lowest BCUT2D eigenvalue weighted by Crippen LogP contribution is -2.24. The van der Waals surface area contributed by atoms with Crippen molar-refractivity contribution in [2.24, 2.45) is 0 Å². The molecule has 0 spiro atoms. The fraction of sp³-hybridized carbons (Fsp3) is 0.312. The number of nitrogens with one attached hydrogen (secondary N) is 2. The molecule has 126 valence electrons. The third kappa shape index (κ3) is 3.32. The number of aromatic nitrogens is 4. The highest BCUT2D eigenvalue weighted by Gasteiger charge is 2.19. The number of hydrogen-bond acceptors (Lipinski definition) is 4. The molecule has 0 aliphatic rings. The van der Waals surface area contributed by atoms with Gasteiger partial charge >= 0.3 is 0 Å². The van der Waals surface area contributed by atoms with Crippen LogP contribution < -0.4 is 10.9 Å². The summed E-state index contributed by atoms with van der Waals surface area (Å²) in [6.45, 7) is 6.48. The maximum absolute atomic E-state index is 12.2. The Morgan fingerprint density at radius 2 is 2.12 bits per heavy atom. The Bertz CT molecular complexity index is 957. The van der Waals surface area contributed by atoms with E-state index in [9.17, 15) is 4.79 Å². The third-order valence-electron chi connectivity index (χ3n) is 3.53. The van der Waals surface area contributed by atoms with E-state index in [4.69, 9.17) is 11.6 Å². The van der Waals surface area contributed by atoms with Gasteiger partial charge in [-0.2, -0.15) is 10.1 Å². The Balaban J connectivity index is 1.94. The SMILES string of the molecule is CC(C)(C)n1ncc2c(=O)[nH]c(NCc3ccc(Br)cc3Cl)nc21. The van der Waals surface area contributed by atoms with Crippen molar-refractivity contribution in [3.8, 4) is 0 Å². The summed E-state index contributed by atoms with van der Waals surface area (Å²) in [6, 6.07) is 5.65. The van der Waals surface area contributed by atoms with E-state index in [1.165, 1.54) is 0 Å². The molecule has 0 bridgehead atoms. The van der Waals surface area contributed by atoms with Crippen LogP contribution in [0.5, 0.6) is 0 Å². The van der Waals surface area contributed by atoms with Crippen LogP contribution in [0.3, 0.4) is 0 Å². The van der Waals surface area contributed by atoms with Crippen LogP contribution in [0.25, 0.3) is 11.0 Å². The number of fused-ring (bicyclic) bond motifs is 1. The van der Waals surface area contributed by atoms with Crippen molar-refractivity contribution in [1.82, 2.24) is 19.7 Å². The van der Waals surface area contributed by atoms with Gasteiger partial charge in [-0.3, -0.25) is 9.78 Å². The lowest BCUT2D eigenvalue weighted by atomic mass is 10.1. The second-order valence-corrected chi connectivity index (χ2v) is 7.79. The van der Waals surface area contributed by atoms with Gasteiger partial charge in [-0.25, -0.2) is 4.68 Å². The number of benzene rings is 1. The molecule has 0 unspecified atom stereocenters. The molecule has 2 heterocycles. The predicted octanol–water partition coefficient (Wildman–Crippen LogP) is 3.90. The summed E-state index contributed by atoms with van der Waals surface area (Å²) in [5, 5.41) is 8.51. The number of anilines is 1. The first kappa shape index (κ1) is 17.0. The number of nitrogens with zero attached hydrogens (tertiary/aromatic N) is 3. The molecule has 0 saturated carbocycles. The fourth-order valence-corrected chi connectivity index (χ4v) is 3.08. The summed E-state index contributed by atoms with van der Waals surface area (Å²) >= 11 is 9.59. The van der Waals surface area contributed by atoms with Crippen LogP contribution in [0, 0.1) is 0 Å². The minimum absolute atomic E-state index is 0.222. The molecule has 0 fully saturated rings. The minimum atomic E-state index is -0.269. The van der Waals surface area contributed by atoms with Gasteiger partial charge < -0.3 is 5.32 Å². The highest BCUT2D eigenvalue weighted by molar-refractivity contribution is 9.10. The smallest absolute Gasteiger partial charge is 0.263 e. The van der Waals surface area contributed by atoms with E-state index < -0.39 is 0 Å². The molecule has 0 amide bonds. The summed E-state index contributed by atoms with van der Waals surface area (Å²) in [5.41, 5.74) is 0.969. The number of rotatable bonds is 3. The monoisotopic (exact) mass is 409 g/mol. The van der Waals surface area contributed by atoms with Gasteiger partial charge in [0.25, 0.3) is 5.56 Å². The summed E-state index contributed by atoms with van der Waals surface area (Å²) in [5.74, 6) is 0.387. The van der Waals surface area contributed by atoms with E-state index in [1.807, 2.05) is 39.0 Å². The molecule has 24 heavy (non-hydrogen) atoms. The zero-order chi connectivity index (χ0) is 17.5. The van der Waals surface area contributed by atoms with E-state index in [-0.39, 0.29) is 11.1 Å². The molecule has 8 heteroatoms. The number of hydrogen-bond donors (Lipinski definition) is 2. The average Bonchev–Trinajstić information content (AvgIpc) is 2.91. The van der Waals surface area contributed by atoms with Gasteiger partial charge in [-0.1, -0.05) is 33.6 Å². The summed E-state index contributed by atoms with van der Waals surface area (Å²) < 4.78 is 2.66. The Morgan fingerprint density at radius 3 is 2.79 bits per heavy atom. The number of H-pyrrole nitrogens is 1. The highest BCUT2D eigenvalue weighted by atomic mass is 79.9. The second-order valence-electron chi connectivity index (χ2n) is 6.47. The Labute approximate surface area is 152 Å². The maximum atomic E-state index is 12.2. The van der Waals surface area contributed by atoms with Crippen molar-refractivity contribution < 1.29 is 0 Å². The van der Waals surface area contributed by atoms with Crippen molar-refractivity contribution in [1.29, 1.82) is 0 Å². The largest absolute Gasteiger partial charge is 0.352 e.